The number of carboxylic acids is 1. The highest BCUT2D eigenvalue weighted by molar-refractivity contribution is 8.00. The van der Waals surface area contributed by atoms with E-state index >= 15 is 0 Å². The first-order valence-electron chi connectivity index (χ1n) is 6.74. The van der Waals surface area contributed by atoms with Crippen LogP contribution in [-0.4, -0.2) is 62.8 Å². The predicted octanol–water partition coefficient (Wildman–Crippen LogP) is 2.37. The number of carbonyl (C=O) groups is 2. The fourth-order valence-electron chi connectivity index (χ4n) is 2.41. The summed E-state index contributed by atoms with van der Waals surface area (Å²) in [6.07, 6.45) is -2.90. The highest BCUT2D eigenvalue weighted by atomic mass is 32.2. The first kappa shape index (κ1) is 16.3. The summed E-state index contributed by atoms with van der Waals surface area (Å²) in [5.41, 5.74) is 0. The van der Waals surface area contributed by atoms with Crippen molar-refractivity contribution < 1.29 is 27.9 Å². The standard InChI is InChI=1S/C12H17F3N2O3S/c1-2-9-17(8(5-21-9)10(18)19)11(20)16(7-3-4-7)6-12(13,14)15/h7-9H,2-6H2,1H3,(H,18,19). The van der Waals surface area contributed by atoms with E-state index in [1.165, 1.54) is 11.8 Å². The van der Waals surface area contributed by atoms with Crippen LogP contribution in [0.2, 0.25) is 0 Å². The molecule has 2 fully saturated rings. The van der Waals surface area contributed by atoms with E-state index in [4.69, 9.17) is 5.11 Å². The molecule has 1 aliphatic carbocycles. The van der Waals surface area contributed by atoms with E-state index in [2.05, 4.69) is 0 Å². The fraction of sp³-hybridized carbons (Fsp3) is 0.833. The minimum Gasteiger partial charge on any atom is -0.480 e. The number of carbonyl (C=O) groups excluding carboxylic acids is 1. The molecule has 0 aromatic rings. The number of rotatable bonds is 4. The average molecular weight is 326 g/mol. The second-order valence-electron chi connectivity index (χ2n) is 5.21. The molecule has 21 heavy (non-hydrogen) atoms. The number of amides is 2. The molecule has 2 rings (SSSR count). The van der Waals surface area contributed by atoms with Gasteiger partial charge in [-0.2, -0.15) is 13.2 Å². The predicted molar refractivity (Wildman–Crippen MR) is 71.0 cm³/mol. The Bertz CT molecular complexity index is 428. The summed E-state index contributed by atoms with van der Waals surface area (Å²) in [4.78, 5) is 25.6. The second-order valence-corrected chi connectivity index (χ2v) is 6.43. The molecule has 5 nitrogen and oxygen atoms in total. The van der Waals surface area contributed by atoms with E-state index in [-0.39, 0.29) is 11.1 Å². The van der Waals surface area contributed by atoms with Crippen molar-refractivity contribution >= 4 is 23.8 Å². The zero-order valence-corrected chi connectivity index (χ0v) is 12.3. The molecule has 2 atom stereocenters. The van der Waals surface area contributed by atoms with Crippen LogP contribution in [0.3, 0.4) is 0 Å². The van der Waals surface area contributed by atoms with Gasteiger partial charge in [-0.15, -0.1) is 11.8 Å². The van der Waals surface area contributed by atoms with Gasteiger partial charge in [0.15, 0.2) is 0 Å². The molecule has 0 radical (unpaired) electrons. The Labute approximate surface area is 124 Å². The van der Waals surface area contributed by atoms with Gasteiger partial charge in [0.1, 0.15) is 12.6 Å². The molecular formula is C12H17F3N2O3S. The Balaban J connectivity index is 2.19. The van der Waals surface area contributed by atoms with E-state index < -0.39 is 36.8 Å². The molecular weight excluding hydrogens is 309 g/mol. The lowest BCUT2D eigenvalue weighted by atomic mass is 10.2. The van der Waals surface area contributed by atoms with Crippen LogP contribution in [-0.2, 0) is 4.79 Å². The number of aliphatic carboxylic acids is 1. The molecule has 9 heteroatoms. The minimum absolute atomic E-state index is 0.212. The number of hydrogen-bond acceptors (Lipinski definition) is 3. The molecule has 1 saturated carbocycles. The van der Waals surface area contributed by atoms with Crippen molar-refractivity contribution in [1.29, 1.82) is 0 Å². The van der Waals surface area contributed by atoms with Crippen molar-refractivity contribution in [3.63, 3.8) is 0 Å². The van der Waals surface area contributed by atoms with Gasteiger partial charge in [0.2, 0.25) is 0 Å². The third-order valence-corrected chi connectivity index (χ3v) is 4.98. The zero-order chi connectivity index (χ0) is 15.8. The van der Waals surface area contributed by atoms with Gasteiger partial charge in [-0.3, -0.25) is 4.90 Å². The van der Waals surface area contributed by atoms with E-state index in [0.29, 0.717) is 19.3 Å². The van der Waals surface area contributed by atoms with Gasteiger partial charge in [0.05, 0.1) is 5.37 Å². The monoisotopic (exact) mass is 326 g/mol. The Hall–Kier alpha value is -1.12. The molecule has 1 heterocycles. The van der Waals surface area contributed by atoms with Crippen LogP contribution in [0.1, 0.15) is 26.2 Å². The van der Waals surface area contributed by atoms with Crippen molar-refractivity contribution in [3.05, 3.63) is 0 Å². The molecule has 2 aliphatic rings. The molecule has 1 N–H and O–H groups in total. The highest BCUT2D eigenvalue weighted by Gasteiger charge is 2.48. The summed E-state index contributed by atoms with van der Waals surface area (Å²) in [7, 11) is 0. The maximum absolute atomic E-state index is 12.6. The van der Waals surface area contributed by atoms with Crippen LogP contribution in [0.15, 0.2) is 0 Å². The van der Waals surface area contributed by atoms with Crippen LogP contribution < -0.4 is 0 Å². The molecule has 0 aromatic carbocycles. The lowest BCUT2D eigenvalue weighted by Gasteiger charge is -2.33. The third kappa shape index (κ3) is 3.75. The van der Waals surface area contributed by atoms with E-state index in [1.807, 2.05) is 0 Å². The normalized spacial score (nSPS) is 26.0. The molecule has 120 valence electrons. The number of alkyl halides is 3. The summed E-state index contributed by atoms with van der Waals surface area (Å²) in [5.74, 6) is -0.959. The van der Waals surface area contributed by atoms with Crippen LogP contribution in [0.4, 0.5) is 18.0 Å². The minimum atomic E-state index is -4.48. The maximum Gasteiger partial charge on any atom is 0.406 e. The van der Waals surface area contributed by atoms with Crippen molar-refractivity contribution in [2.24, 2.45) is 0 Å². The van der Waals surface area contributed by atoms with Crippen LogP contribution in [0, 0.1) is 0 Å². The lowest BCUT2D eigenvalue weighted by Crippen LogP contribution is -2.54. The Kier molecular flexibility index (Phi) is 4.60. The van der Waals surface area contributed by atoms with E-state index in [0.717, 1.165) is 9.80 Å². The Morgan fingerprint density at radius 3 is 2.43 bits per heavy atom. The smallest absolute Gasteiger partial charge is 0.406 e. The third-order valence-electron chi connectivity index (χ3n) is 3.53. The Morgan fingerprint density at radius 1 is 1.38 bits per heavy atom. The van der Waals surface area contributed by atoms with Gasteiger partial charge < -0.3 is 10.0 Å². The van der Waals surface area contributed by atoms with Crippen LogP contribution in [0.5, 0.6) is 0 Å². The summed E-state index contributed by atoms with van der Waals surface area (Å²) < 4.78 is 37.9. The highest BCUT2D eigenvalue weighted by Crippen LogP contribution is 2.36. The van der Waals surface area contributed by atoms with Gasteiger partial charge in [-0.05, 0) is 19.3 Å². The quantitative estimate of drug-likeness (QED) is 0.862. The molecule has 2 unspecified atom stereocenters. The van der Waals surface area contributed by atoms with E-state index in [9.17, 15) is 22.8 Å². The second kappa shape index (κ2) is 5.94. The van der Waals surface area contributed by atoms with Gasteiger partial charge in [0, 0.05) is 11.8 Å². The van der Waals surface area contributed by atoms with Gasteiger partial charge in [0.25, 0.3) is 0 Å². The van der Waals surface area contributed by atoms with Gasteiger partial charge in [-0.25, -0.2) is 9.59 Å². The summed E-state index contributed by atoms with van der Waals surface area (Å²) in [5, 5.41) is 8.79. The van der Waals surface area contributed by atoms with Crippen molar-refractivity contribution in [1.82, 2.24) is 9.80 Å². The Morgan fingerprint density at radius 2 is 2.00 bits per heavy atom. The number of carboxylic acid groups (broad SMARTS) is 1. The molecule has 0 spiro atoms. The zero-order valence-electron chi connectivity index (χ0n) is 11.5. The van der Waals surface area contributed by atoms with Gasteiger partial charge >= 0.3 is 18.2 Å². The first-order chi connectivity index (χ1) is 9.74. The molecule has 0 aromatic heterocycles. The number of urea groups is 1. The summed E-state index contributed by atoms with van der Waals surface area (Å²) in [6.45, 7) is 0.466. The van der Waals surface area contributed by atoms with Crippen molar-refractivity contribution in [2.45, 2.75) is 49.8 Å². The lowest BCUT2D eigenvalue weighted by molar-refractivity contribution is -0.144. The van der Waals surface area contributed by atoms with Crippen molar-refractivity contribution in [3.8, 4) is 0 Å². The first-order valence-corrected chi connectivity index (χ1v) is 7.79. The molecule has 1 saturated heterocycles. The van der Waals surface area contributed by atoms with Gasteiger partial charge in [-0.1, -0.05) is 6.92 Å². The molecule has 2 amide bonds. The SMILES string of the molecule is CCC1SCC(C(=O)O)N1C(=O)N(CC(F)(F)F)C1CC1. The maximum atomic E-state index is 12.6. The average Bonchev–Trinajstić information content (AvgIpc) is 3.12. The van der Waals surface area contributed by atoms with Crippen LogP contribution in [0.25, 0.3) is 0 Å². The largest absolute Gasteiger partial charge is 0.480 e. The van der Waals surface area contributed by atoms with Crippen molar-refractivity contribution in [2.75, 3.05) is 12.3 Å². The summed E-state index contributed by atoms with van der Waals surface area (Å²) >= 11 is 1.30. The number of nitrogens with zero attached hydrogens (tertiary/aromatic N) is 2. The van der Waals surface area contributed by atoms with Crippen LogP contribution >= 0.6 is 11.8 Å². The number of hydrogen-bond donors (Lipinski definition) is 1. The number of thioether (sulfide) groups is 1. The topological polar surface area (TPSA) is 60.9 Å². The van der Waals surface area contributed by atoms with E-state index in [1.54, 1.807) is 6.92 Å². The molecule has 0 bridgehead atoms. The number of halogens is 3. The molecule has 1 aliphatic heterocycles. The summed E-state index contributed by atoms with van der Waals surface area (Å²) in [6, 6.07) is -2.28. The fourth-order valence-corrected chi connectivity index (χ4v) is 3.75.